The van der Waals surface area contributed by atoms with Crippen molar-refractivity contribution in [2.75, 3.05) is 13.1 Å². The van der Waals surface area contributed by atoms with E-state index in [2.05, 4.69) is 40.6 Å². The molecule has 194 valence electrons. The van der Waals surface area contributed by atoms with Gasteiger partial charge >= 0.3 is 6.09 Å². The Bertz CT molecular complexity index is 1530. The smallest absolute Gasteiger partial charge is 0.410 e. The van der Waals surface area contributed by atoms with Crippen LogP contribution in [0.3, 0.4) is 0 Å². The summed E-state index contributed by atoms with van der Waals surface area (Å²) in [5.41, 5.74) is 5.98. The molecule has 0 unspecified atom stereocenters. The number of ether oxygens (including phenoxy) is 1. The maximum absolute atomic E-state index is 12.6. The molecule has 5 rings (SSSR count). The fraction of sp³-hybridized carbons (Fsp3) is 0.323. The van der Waals surface area contributed by atoms with E-state index in [-0.39, 0.29) is 12.0 Å². The molecule has 0 radical (unpaired) electrons. The maximum Gasteiger partial charge on any atom is 0.410 e. The number of hydrogen-bond acceptors (Lipinski definition) is 3. The molecule has 1 atom stereocenters. The van der Waals surface area contributed by atoms with Gasteiger partial charge in [-0.1, -0.05) is 65.7 Å². The molecule has 1 fully saturated rings. The summed E-state index contributed by atoms with van der Waals surface area (Å²) in [7, 11) is 0. The third kappa shape index (κ3) is 5.25. The average Bonchev–Trinajstić information content (AvgIpc) is 3.48. The van der Waals surface area contributed by atoms with E-state index >= 15 is 0 Å². The van der Waals surface area contributed by atoms with Crippen molar-refractivity contribution < 1.29 is 9.53 Å². The lowest BCUT2D eigenvalue weighted by Crippen LogP contribution is -2.35. The van der Waals surface area contributed by atoms with E-state index in [4.69, 9.17) is 27.9 Å². The SMILES string of the molecule is [C-]#[N+]c1ccc(-c2c(-c3ccc(C)cc3)ncc3c2c(Cl)cn3C[C@@H]2CCN(C(=O)OC(C)(C)C)C2)cc1. The second-order valence-electron chi connectivity index (χ2n) is 11.0. The average molecular weight is 527 g/mol. The first-order chi connectivity index (χ1) is 18.1. The van der Waals surface area contributed by atoms with Crippen molar-refractivity contribution in [1.82, 2.24) is 14.5 Å². The second kappa shape index (κ2) is 10.2. The normalized spacial score (nSPS) is 15.6. The highest BCUT2D eigenvalue weighted by molar-refractivity contribution is 6.37. The molecule has 4 aromatic rings. The predicted molar refractivity (Wildman–Crippen MR) is 153 cm³/mol. The lowest BCUT2D eigenvalue weighted by atomic mass is 9.95. The van der Waals surface area contributed by atoms with Gasteiger partial charge in [0.05, 0.1) is 29.0 Å². The van der Waals surface area contributed by atoms with Crippen LogP contribution in [0.1, 0.15) is 32.8 Å². The van der Waals surface area contributed by atoms with Crippen LogP contribution in [-0.2, 0) is 11.3 Å². The van der Waals surface area contributed by atoms with Crippen molar-refractivity contribution in [2.24, 2.45) is 5.92 Å². The number of fused-ring (bicyclic) bond motifs is 1. The summed E-state index contributed by atoms with van der Waals surface area (Å²) in [6, 6.07) is 15.9. The molecule has 7 heteroatoms. The van der Waals surface area contributed by atoms with Crippen LogP contribution in [0.15, 0.2) is 60.9 Å². The maximum atomic E-state index is 12.6. The summed E-state index contributed by atoms with van der Waals surface area (Å²) in [4.78, 5) is 22.8. The molecular weight excluding hydrogens is 496 g/mol. The standard InChI is InChI=1S/C31H31ClN4O2/c1-20-6-8-23(9-7-20)29-27(22-10-12-24(33-5)13-11-22)28-25(32)19-36(26(28)16-34-29)18-21-14-15-35(17-21)30(37)38-31(2,3)4/h6-13,16,19,21H,14-15,17-18H2,1-4H3/t21-/m1/s1. The molecule has 0 saturated carbocycles. The van der Waals surface area contributed by atoms with Gasteiger partial charge in [0.25, 0.3) is 0 Å². The predicted octanol–water partition coefficient (Wildman–Crippen LogP) is 8.14. The Balaban J connectivity index is 1.53. The van der Waals surface area contributed by atoms with Gasteiger partial charge in [-0.25, -0.2) is 9.64 Å². The molecule has 2 aromatic heterocycles. The monoisotopic (exact) mass is 526 g/mol. The van der Waals surface area contributed by atoms with Gasteiger partial charge in [0.2, 0.25) is 0 Å². The van der Waals surface area contributed by atoms with Crippen molar-refractivity contribution in [3.8, 4) is 22.4 Å². The molecule has 1 amide bonds. The van der Waals surface area contributed by atoms with Crippen molar-refractivity contribution in [3.63, 3.8) is 0 Å². The Hall–Kier alpha value is -3.82. The van der Waals surface area contributed by atoms with E-state index in [1.54, 1.807) is 4.90 Å². The van der Waals surface area contributed by atoms with Crippen LogP contribution in [0.2, 0.25) is 5.02 Å². The Morgan fingerprint density at radius 3 is 2.47 bits per heavy atom. The van der Waals surface area contributed by atoms with E-state index in [0.717, 1.165) is 46.3 Å². The van der Waals surface area contributed by atoms with Gasteiger partial charge < -0.3 is 14.2 Å². The zero-order chi connectivity index (χ0) is 27.0. The third-order valence-electron chi connectivity index (χ3n) is 6.88. The highest BCUT2D eigenvalue weighted by atomic mass is 35.5. The summed E-state index contributed by atoms with van der Waals surface area (Å²) in [5.74, 6) is 0.285. The van der Waals surface area contributed by atoms with Crippen LogP contribution in [0.25, 0.3) is 38.1 Å². The lowest BCUT2D eigenvalue weighted by Gasteiger charge is -2.24. The number of nitrogens with zero attached hydrogens (tertiary/aromatic N) is 4. The van der Waals surface area contributed by atoms with Gasteiger partial charge in [0.15, 0.2) is 5.69 Å². The third-order valence-corrected chi connectivity index (χ3v) is 7.17. The number of benzene rings is 2. The molecule has 0 aliphatic carbocycles. The number of pyridine rings is 1. The van der Waals surface area contributed by atoms with Crippen molar-refractivity contribution in [3.05, 3.63) is 82.9 Å². The minimum absolute atomic E-state index is 0.259. The molecule has 1 saturated heterocycles. The zero-order valence-electron chi connectivity index (χ0n) is 22.2. The molecule has 0 bridgehead atoms. The van der Waals surface area contributed by atoms with Gasteiger partial charge in [0.1, 0.15) is 5.60 Å². The lowest BCUT2D eigenvalue weighted by molar-refractivity contribution is 0.0287. The van der Waals surface area contributed by atoms with Crippen LogP contribution in [0, 0.1) is 19.4 Å². The highest BCUT2D eigenvalue weighted by Gasteiger charge is 2.30. The molecule has 3 heterocycles. The Morgan fingerprint density at radius 2 is 1.82 bits per heavy atom. The quantitative estimate of drug-likeness (QED) is 0.252. The summed E-state index contributed by atoms with van der Waals surface area (Å²) < 4.78 is 7.73. The van der Waals surface area contributed by atoms with Crippen LogP contribution < -0.4 is 0 Å². The Morgan fingerprint density at radius 1 is 1.13 bits per heavy atom. The summed E-state index contributed by atoms with van der Waals surface area (Å²) >= 11 is 6.93. The first kappa shape index (κ1) is 25.8. The minimum atomic E-state index is -0.510. The molecule has 1 aliphatic heterocycles. The van der Waals surface area contributed by atoms with Gasteiger partial charge in [-0.05, 0) is 45.6 Å². The highest BCUT2D eigenvalue weighted by Crippen LogP contribution is 2.41. The molecule has 2 aromatic carbocycles. The van der Waals surface area contributed by atoms with Gasteiger partial charge in [-0.3, -0.25) is 4.98 Å². The number of amides is 1. The number of aromatic nitrogens is 2. The molecular formula is C31H31ClN4O2. The second-order valence-corrected chi connectivity index (χ2v) is 11.4. The topological polar surface area (TPSA) is 51.7 Å². The van der Waals surface area contributed by atoms with E-state index in [1.165, 1.54) is 5.56 Å². The zero-order valence-corrected chi connectivity index (χ0v) is 22.9. The van der Waals surface area contributed by atoms with Gasteiger partial charge in [-0.15, -0.1) is 0 Å². The van der Waals surface area contributed by atoms with Gasteiger partial charge in [-0.2, -0.15) is 0 Å². The van der Waals surface area contributed by atoms with Crippen molar-refractivity contribution >= 4 is 34.3 Å². The van der Waals surface area contributed by atoms with Crippen LogP contribution in [0.4, 0.5) is 10.5 Å². The summed E-state index contributed by atoms with van der Waals surface area (Å²) in [6.07, 6.45) is 4.51. The van der Waals surface area contributed by atoms with Crippen molar-refractivity contribution in [1.29, 1.82) is 0 Å². The van der Waals surface area contributed by atoms with E-state index in [0.29, 0.717) is 23.8 Å². The first-order valence-electron chi connectivity index (χ1n) is 12.8. The van der Waals surface area contributed by atoms with Crippen LogP contribution >= 0.6 is 11.6 Å². The minimum Gasteiger partial charge on any atom is -0.444 e. The fourth-order valence-electron chi connectivity index (χ4n) is 5.05. The fourth-order valence-corrected chi connectivity index (χ4v) is 5.36. The largest absolute Gasteiger partial charge is 0.444 e. The molecule has 38 heavy (non-hydrogen) atoms. The van der Waals surface area contributed by atoms with Crippen molar-refractivity contribution in [2.45, 2.75) is 46.3 Å². The number of aryl methyl sites for hydroxylation is 1. The molecule has 0 spiro atoms. The summed E-state index contributed by atoms with van der Waals surface area (Å²) in [6.45, 7) is 17.1. The van der Waals surface area contributed by atoms with Crippen LogP contribution in [-0.4, -0.2) is 39.2 Å². The Labute approximate surface area is 228 Å². The Kier molecular flexibility index (Phi) is 6.90. The van der Waals surface area contributed by atoms with E-state index in [1.807, 2.05) is 57.4 Å². The number of hydrogen-bond donors (Lipinski definition) is 0. The number of carbonyl (C=O) groups excluding carboxylic acids is 1. The number of carbonyl (C=O) groups is 1. The number of halogens is 1. The number of likely N-dealkylation sites (tertiary alicyclic amines) is 1. The summed E-state index contributed by atoms with van der Waals surface area (Å²) in [5, 5.41) is 1.59. The first-order valence-corrected chi connectivity index (χ1v) is 13.2. The molecule has 0 N–H and O–H groups in total. The molecule has 1 aliphatic rings. The van der Waals surface area contributed by atoms with E-state index in [9.17, 15) is 4.79 Å². The molecule has 6 nitrogen and oxygen atoms in total. The van der Waals surface area contributed by atoms with Gasteiger partial charge in [0, 0.05) is 42.3 Å². The number of rotatable bonds is 4. The van der Waals surface area contributed by atoms with E-state index < -0.39 is 5.60 Å². The van der Waals surface area contributed by atoms with Crippen LogP contribution in [0.5, 0.6) is 0 Å².